The van der Waals surface area contributed by atoms with E-state index in [0.717, 1.165) is 18.7 Å². The van der Waals surface area contributed by atoms with Crippen molar-refractivity contribution in [2.45, 2.75) is 6.42 Å². The highest BCUT2D eigenvalue weighted by atomic mass is 16.5. The summed E-state index contributed by atoms with van der Waals surface area (Å²) in [5.41, 5.74) is 1.98. The Labute approximate surface area is 146 Å². The molecule has 1 amide bonds. The second-order valence-electron chi connectivity index (χ2n) is 5.23. The molecule has 0 saturated carbocycles. The average molecular weight is 343 g/mol. The van der Waals surface area contributed by atoms with Crippen LogP contribution in [0.2, 0.25) is 0 Å². The lowest BCUT2D eigenvalue weighted by Gasteiger charge is -2.08. The van der Waals surface area contributed by atoms with Gasteiger partial charge in [0.25, 0.3) is 5.91 Å². The zero-order valence-corrected chi connectivity index (χ0v) is 14.2. The van der Waals surface area contributed by atoms with Gasteiger partial charge in [-0.2, -0.15) is 0 Å². The number of nitrogens with one attached hydrogen (secondary N) is 2. The molecule has 7 heteroatoms. The normalized spacial score (nSPS) is 10.2. The van der Waals surface area contributed by atoms with E-state index in [9.17, 15) is 9.59 Å². The van der Waals surface area contributed by atoms with E-state index in [1.807, 2.05) is 0 Å². The van der Waals surface area contributed by atoms with Crippen LogP contribution in [0.25, 0.3) is 0 Å². The number of amides is 1. The van der Waals surface area contributed by atoms with Crippen molar-refractivity contribution in [2.24, 2.45) is 0 Å². The lowest BCUT2D eigenvalue weighted by atomic mass is 10.2. The summed E-state index contributed by atoms with van der Waals surface area (Å²) in [6.07, 6.45) is 2.49. The lowest BCUT2D eigenvalue weighted by molar-refractivity contribution is 0.0600. The van der Waals surface area contributed by atoms with E-state index in [2.05, 4.69) is 20.4 Å². The number of carbonyl (C=O) groups is 2. The van der Waals surface area contributed by atoms with E-state index >= 15 is 0 Å². The second kappa shape index (κ2) is 9.39. The number of benzene rings is 1. The Hall–Kier alpha value is -2.93. The van der Waals surface area contributed by atoms with Crippen LogP contribution in [-0.4, -0.2) is 44.2 Å². The standard InChI is InChI=1S/C18H21N3O4/c1-24-10-4-9-19-15-7-8-16(20-12-15)17(22)21-14-6-3-5-13(11-14)18(23)25-2/h3,5-8,11-12,19H,4,9-10H2,1-2H3,(H,21,22). The van der Waals surface area contributed by atoms with Gasteiger partial charge in [-0.25, -0.2) is 9.78 Å². The van der Waals surface area contributed by atoms with Crippen LogP contribution in [0, 0.1) is 0 Å². The van der Waals surface area contributed by atoms with E-state index < -0.39 is 5.97 Å². The van der Waals surface area contributed by atoms with Crippen molar-refractivity contribution in [1.29, 1.82) is 0 Å². The molecule has 0 radical (unpaired) electrons. The highest BCUT2D eigenvalue weighted by Gasteiger charge is 2.10. The first-order valence-corrected chi connectivity index (χ1v) is 7.82. The summed E-state index contributed by atoms with van der Waals surface area (Å²) >= 11 is 0. The molecular formula is C18H21N3O4. The van der Waals surface area contributed by atoms with Gasteiger partial charge in [-0.3, -0.25) is 4.79 Å². The number of pyridine rings is 1. The maximum Gasteiger partial charge on any atom is 0.337 e. The van der Waals surface area contributed by atoms with Crippen molar-refractivity contribution >= 4 is 23.3 Å². The molecule has 0 aliphatic rings. The average Bonchev–Trinajstić information content (AvgIpc) is 2.65. The van der Waals surface area contributed by atoms with Crippen molar-refractivity contribution in [1.82, 2.24) is 4.98 Å². The number of rotatable bonds is 8. The molecule has 7 nitrogen and oxygen atoms in total. The molecule has 0 aliphatic heterocycles. The summed E-state index contributed by atoms with van der Waals surface area (Å²) in [5.74, 6) is -0.814. The van der Waals surface area contributed by atoms with Crippen molar-refractivity contribution in [3.63, 3.8) is 0 Å². The molecule has 0 fully saturated rings. The van der Waals surface area contributed by atoms with E-state index in [0.29, 0.717) is 17.9 Å². The molecular weight excluding hydrogens is 322 g/mol. The number of hydrogen-bond donors (Lipinski definition) is 2. The maximum absolute atomic E-state index is 12.2. The Morgan fingerprint density at radius 2 is 1.96 bits per heavy atom. The molecule has 0 aliphatic carbocycles. The Morgan fingerprint density at radius 3 is 2.64 bits per heavy atom. The number of methoxy groups -OCH3 is 2. The molecule has 0 saturated heterocycles. The molecule has 1 heterocycles. The Morgan fingerprint density at radius 1 is 1.12 bits per heavy atom. The zero-order valence-electron chi connectivity index (χ0n) is 14.2. The number of carbonyl (C=O) groups excluding carboxylic acids is 2. The van der Waals surface area contributed by atoms with Gasteiger partial charge in [0, 0.05) is 25.9 Å². The van der Waals surface area contributed by atoms with Crippen LogP contribution in [0.5, 0.6) is 0 Å². The fourth-order valence-electron chi connectivity index (χ4n) is 2.12. The van der Waals surface area contributed by atoms with Gasteiger partial charge in [-0.15, -0.1) is 0 Å². The minimum atomic E-state index is -0.460. The van der Waals surface area contributed by atoms with Gasteiger partial charge in [-0.1, -0.05) is 6.07 Å². The van der Waals surface area contributed by atoms with Crippen molar-refractivity contribution < 1.29 is 19.1 Å². The summed E-state index contributed by atoms with van der Waals surface area (Å²) in [6, 6.07) is 9.95. The zero-order chi connectivity index (χ0) is 18.1. The third kappa shape index (κ3) is 5.58. The number of hydrogen-bond acceptors (Lipinski definition) is 6. The monoisotopic (exact) mass is 343 g/mol. The molecule has 0 unspecified atom stereocenters. The molecule has 0 spiro atoms. The van der Waals surface area contributed by atoms with Gasteiger partial charge < -0.3 is 20.1 Å². The van der Waals surface area contributed by atoms with Gasteiger partial charge in [0.15, 0.2) is 0 Å². The lowest BCUT2D eigenvalue weighted by Crippen LogP contribution is -2.14. The first-order valence-electron chi connectivity index (χ1n) is 7.82. The number of anilines is 2. The summed E-state index contributed by atoms with van der Waals surface area (Å²) < 4.78 is 9.64. The number of nitrogens with zero attached hydrogens (tertiary/aromatic N) is 1. The Bertz CT molecular complexity index is 717. The van der Waals surface area contributed by atoms with E-state index in [-0.39, 0.29) is 11.6 Å². The summed E-state index contributed by atoms with van der Waals surface area (Å²) in [6.45, 7) is 1.45. The molecule has 25 heavy (non-hydrogen) atoms. The molecule has 2 N–H and O–H groups in total. The van der Waals surface area contributed by atoms with E-state index in [4.69, 9.17) is 4.74 Å². The fourth-order valence-corrected chi connectivity index (χ4v) is 2.12. The first kappa shape index (κ1) is 18.4. The van der Waals surface area contributed by atoms with Crippen LogP contribution in [0.15, 0.2) is 42.6 Å². The first-order chi connectivity index (χ1) is 12.1. The van der Waals surface area contributed by atoms with E-state index in [1.165, 1.54) is 7.11 Å². The molecule has 0 bridgehead atoms. The predicted octanol–water partition coefficient (Wildman–Crippen LogP) is 2.57. The highest BCUT2D eigenvalue weighted by Crippen LogP contribution is 2.13. The second-order valence-corrected chi connectivity index (χ2v) is 5.23. The molecule has 1 aromatic heterocycles. The van der Waals surface area contributed by atoms with Gasteiger partial charge >= 0.3 is 5.97 Å². The Balaban J connectivity index is 1.95. The number of aromatic nitrogens is 1. The van der Waals surface area contributed by atoms with Gasteiger partial charge in [0.05, 0.1) is 24.6 Å². The van der Waals surface area contributed by atoms with Crippen LogP contribution in [0.3, 0.4) is 0 Å². The van der Waals surface area contributed by atoms with Gasteiger partial charge in [-0.05, 0) is 36.8 Å². The van der Waals surface area contributed by atoms with Crippen LogP contribution in [0.1, 0.15) is 27.3 Å². The van der Waals surface area contributed by atoms with Crippen LogP contribution >= 0.6 is 0 Å². The van der Waals surface area contributed by atoms with Crippen molar-refractivity contribution in [2.75, 3.05) is 38.0 Å². The SMILES string of the molecule is COCCCNc1ccc(C(=O)Nc2cccc(C(=O)OC)c2)nc1. The van der Waals surface area contributed by atoms with Crippen molar-refractivity contribution in [3.8, 4) is 0 Å². The van der Waals surface area contributed by atoms with Crippen LogP contribution < -0.4 is 10.6 Å². The highest BCUT2D eigenvalue weighted by molar-refractivity contribution is 6.03. The summed E-state index contributed by atoms with van der Waals surface area (Å²) in [7, 11) is 2.97. The minimum absolute atomic E-state index is 0.283. The smallest absolute Gasteiger partial charge is 0.337 e. The largest absolute Gasteiger partial charge is 0.465 e. The quantitative estimate of drug-likeness (QED) is 0.566. The maximum atomic E-state index is 12.2. The molecule has 132 valence electrons. The molecule has 0 atom stereocenters. The van der Waals surface area contributed by atoms with Crippen LogP contribution in [-0.2, 0) is 9.47 Å². The van der Waals surface area contributed by atoms with E-state index in [1.54, 1.807) is 49.7 Å². The molecule has 2 rings (SSSR count). The third-order valence-electron chi connectivity index (χ3n) is 3.39. The number of ether oxygens (including phenoxy) is 2. The summed E-state index contributed by atoms with van der Waals surface area (Å²) in [4.78, 5) is 27.9. The van der Waals surface area contributed by atoms with Crippen molar-refractivity contribution in [3.05, 3.63) is 53.9 Å². The molecule has 1 aromatic carbocycles. The number of esters is 1. The predicted molar refractivity (Wildman–Crippen MR) is 95.0 cm³/mol. The Kier molecular flexibility index (Phi) is 6.91. The molecule has 2 aromatic rings. The van der Waals surface area contributed by atoms with Gasteiger partial charge in [0.1, 0.15) is 5.69 Å². The van der Waals surface area contributed by atoms with Crippen LogP contribution in [0.4, 0.5) is 11.4 Å². The van der Waals surface area contributed by atoms with Gasteiger partial charge in [0.2, 0.25) is 0 Å². The fraction of sp³-hybridized carbons (Fsp3) is 0.278. The summed E-state index contributed by atoms with van der Waals surface area (Å²) in [5, 5.41) is 5.91. The minimum Gasteiger partial charge on any atom is -0.465 e. The topological polar surface area (TPSA) is 89.6 Å². The third-order valence-corrected chi connectivity index (χ3v) is 3.39.